The monoisotopic (exact) mass is 409 g/mol. The number of methoxy groups -OCH3 is 1. The highest BCUT2D eigenvalue weighted by molar-refractivity contribution is 9.12. The van der Waals surface area contributed by atoms with Gasteiger partial charge in [0.05, 0.1) is 22.7 Å². The van der Waals surface area contributed by atoms with E-state index in [0.717, 1.165) is 0 Å². The van der Waals surface area contributed by atoms with E-state index in [4.69, 9.17) is 14.3 Å². The molecular formula is C12H13Br2NO5. The van der Waals surface area contributed by atoms with Gasteiger partial charge in [-0.15, -0.1) is 0 Å². The highest BCUT2D eigenvalue weighted by Gasteiger charge is 2.50. The predicted octanol–water partition coefficient (Wildman–Crippen LogP) is 1.97. The number of esters is 1. The van der Waals surface area contributed by atoms with E-state index < -0.39 is 17.7 Å². The fourth-order valence-corrected chi connectivity index (χ4v) is 3.81. The molecule has 0 aromatic heterocycles. The Kier molecular flexibility index (Phi) is 4.55. The van der Waals surface area contributed by atoms with Gasteiger partial charge in [-0.1, -0.05) is 5.16 Å². The molecular weight excluding hydrogens is 398 g/mol. The summed E-state index contributed by atoms with van der Waals surface area (Å²) in [6.45, 7) is 1.96. The van der Waals surface area contributed by atoms with Crippen molar-refractivity contribution in [2.75, 3.05) is 13.7 Å². The summed E-state index contributed by atoms with van der Waals surface area (Å²) in [7, 11) is 1.49. The van der Waals surface area contributed by atoms with E-state index in [1.54, 1.807) is 13.0 Å². The summed E-state index contributed by atoms with van der Waals surface area (Å²) in [5.74, 6) is -0.0740. The van der Waals surface area contributed by atoms with E-state index in [0.29, 0.717) is 14.7 Å². The zero-order valence-electron chi connectivity index (χ0n) is 10.9. The topological polar surface area (TPSA) is 77.4 Å². The van der Waals surface area contributed by atoms with E-state index in [-0.39, 0.29) is 18.7 Å². The zero-order chi connectivity index (χ0) is 14.9. The number of aliphatic hydroxyl groups excluding tert-OH is 1. The Hall–Kier alpha value is -0.860. The van der Waals surface area contributed by atoms with Gasteiger partial charge in [-0.3, -0.25) is 0 Å². The number of ether oxygens (including phenoxy) is 2. The Morgan fingerprint density at radius 3 is 2.95 bits per heavy atom. The van der Waals surface area contributed by atoms with Crippen LogP contribution in [0.2, 0.25) is 0 Å². The quantitative estimate of drug-likeness (QED) is 0.719. The zero-order valence-corrected chi connectivity index (χ0v) is 14.0. The van der Waals surface area contributed by atoms with Crippen molar-refractivity contribution in [2.24, 2.45) is 5.16 Å². The van der Waals surface area contributed by atoms with Gasteiger partial charge >= 0.3 is 5.97 Å². The lowest BCUT2D eigenvalue weighted by Gasteiger charge is -2.33. The lowest BCUT2D eigenvalue weighted by Crippen LogP contribution is -2.44. The highest BCUT2D eigenvalue weighted by atomic mass is 79.9. The first kappa shape index (κ1) is 15.5. The SMILES string of the molecule is CCOC(=O)C1=NOC2(C=C(Br)C(OC)=C(Br)C2O)C1. The number of hydrogen-bond donors (Lipinski definition) is 1. The number of halogens is 2. The van der Waals surface area contributed by atoms with Crippen molar-refractivity contribution >= 4 is 43.5 Å². The number of rotatable bonds is 3. The summed E-state index contributed by atoms with van der Waals surface area (Å²) < 4.78 is 11.1. The van der Waals surface area contributed by atoms with Gasteiger partial charge in [0.25, 0.3) is 0 Å². The molecule has 2 aliphatic rings. The second-order valence-corrected chi connectivity index (χ2v) is 5.97. The number of nitrogens with zero attached hydrogens (tertiary/aromatic N) is 1. The van der Waals surface area contributed by atoms with E-state index in [1.165, 1.54) is 7.11 Å². The van der Waals surface area contributed by atoms with Crippen LogP contribution < -0.4 is 0 Å². The lowest BCUT2D eigenvalue weighted by atomic mass is 9.87. The number of carbonyl (C=O) groups excluding carboxylic acids is 1. The lowest BCUT2D eigenvalue weighted by molar-refractivity contribution is -0.135. The molecule has 0 aromatic rings. The van der Waals surface area contributed by atoms with Gasteiger partial charge in [0.1, 0.15) is 11.9 Å². The van der Waals surface area contributed by atoms with Gasteiger partial charge in [-0.2, -0.15) is 0 Å². The van der Waals surface area contributed by atoms with Gasteiger partial charge in [0.2, 0.25) is 0 Å². The summed E-state index contributed by atoms with van der Waals surface area (Å²) in [4.78, 5) is 17.0. The molecule has 6 nitrogen and oxygen atoms in total. The van der Waals surface area contributed by atoms with Gasteiger partial charge < -0.3 is 19.4 Å². The Morgan fingerprint density at radius 1 is 1.65 bits per heavy atom. The third-order valence-corrected chi connectivity index (χ3v) is 4.38. The van der Waals surface area contributed by atoms with Crippen LogP contribution in [0.5, 0.6) is 0 Å². The molecule has 0 radical (unpaired) electrons. The molecule has 1 N–H and O–H groups in total. The van der Waals surface area contributed by atoms with Gasteiger partial charge in [-0.25, -0.2) is 4.79 Å². The van der Waals surface area contributed by atoms with Crippen molar-refractivity contribution in [3.63, 3.8) is 0 Å². The standard InChI is InChI=1S/C12H13Br2NO5/c1-3-19-11(17)7-5-12(20-15-7)4-6(13)9(18-2)8(14)10(12)16/h4,10,16H,3,5H2,1-2H3. The average molecular weight is 411 g/mol. The van der Waals surface area contributed by atoms with Crippen LogP contribution in [0.1, 0.15) is 13.3 Å². The third kappa shape index (κ3) is 2.51. The van der Waals surface area contributed by atoms with E-state index in [2.05, 4.69) is 37.0 Å². The van der Waals surface area contributed by atoms with Crippen molar-refractivity contribution in [2.45, 2.75) is 25.0 Å². The minimum Gasteiger partial charge on any atom is -0.495 e. The summed E-state index contributed by atoms with van der Waals surface area (Å²) in [6.07, 6.45) is 0.722. The predicted molar refractivity (Wildman–Crippen MR) is 78.5 cm³/mol. The fourth-order valence-electron chi connectivity index (χ4n) is 2.02. The summed E-state index contributed by atoms with van der Waals surface area (Å²) in [5.41, 5.74) is -0.995. The maximum atomic E-state index is 11.7. The molecule has 0 amide bonds. The average Bonchev–Trinajstić information content (AvgIpc) is 2.82. The van der Waals surface area contributed by atoms with Crippen LogP contribution in [-0.4, -0.2) is 42.2 Å². The molecule has 2 atom stereocenters. The van der Waals surface area contributed by atoms with Crippen LogP contribution in [0.15, 0.2) is 26.0 Å². The van der Waals surface area contributed by atoms with Crippen molar-refractivity contribution in [3.05, 3.63) is 20.8 Å². The first-order valence-electron chi connectivity index (χ1n) is 5.87. The van der Waals surface area contributed by atoms with E-state index in [9.17, 15) is 9.90 Å². The maximum absolute atomic E-state index is 11.7. The Morgan fingerprint density at radius 2 is 2.35 bits per heavy atom. The summed E-state index contributed by atoms with van der Waals surface area (Å²) >= 11 is 6.63. The smallest absolute Gasteiger partial charge is 0.356 e. The van der Waals surface area contributed by atoms with Gasteiger partial charge in [0, 0.05) is 6.42 Å². The third-order valence-electron chi connectivity index (χ3n) is 2.99. The van der Waals surface area contributed by atoms with Gasteiger partial charge in [0.15, 0.2) is 11.3 Å². The second kappa shape index (κ2) is 5.87. The molecule has 0 bridgehead atoms. The summed E-state index contributed by atoms with van der Waals surface area (Å²) in [5, 5.41) is 14.1. The molecule has 1 aliphatic heterocycles. The minimum atomic E-state index is -1.14. The van der Waals surface area contributed by atoms with Gasteiger partial charge in [-0.05, 0) is 44.9 Å². The van der Waals surface area contributed by atoms with Crippen LogP contribution in [0.4, 0.5) is 0 Å². The number of oxime groups is 1. The number of allylic oxidation sites excluding steroid dienone is 1. The van der Waals surface area contributed by atoms with Crippen LogP contribution in [0.25, 0.3) is 0 Å². The second-order valence-electron chi connectivity index (χ2n) is 4.26. The molecule has 0 aromatic carbocycles. The molecule has 0 fully saturated rings. The number of aliphatic hydroxyl groups is 1. The van der Waals surface area contributed by atoms with Crippen molar-refractivity contribution in [3.8, 4) is 0 Å². The molecule has 2 unspecified atom stereocenters. The molecule has 20 heavy (non-hydrogen) atoms. The number of carbonyl (C=O) groups is 1. The van der Waals surface area contributed by atoms with Crippen molar-refractivity contribution in [1.29, 1.82) is 0 Å². The number of hydrogen-bond acceptors (Lipinski definition) is 6. The van der Waals surface area contributed by atoms with E-state index in [1.807, 2.05) is 0 Å². The van der Waals surface area contributed by atoms with Crippen LogP contribution in [0, 0.1) is 0 Å². The Labute approximate surface area is 132 Å². The highest BCUT2D eigenvalue weighted by Crippen LogP contribution is 2.43. The first-order chi connectivity index (χ1) is 9.45. The molecule has 0 saturated heterocycles. The summed E-state index contributed by atoms with van der Waals surface area (Å²) in [6, 6.07) is 0. The Balaban J connectivity index is 2.25. The largest absolute Gasteiger partial charge is 0.495 e. The van der Waals surface area contributed by atoms with Crippen LogP contribution in [-0.2, 0) is 19.1 Å². The minimum absolute atomic E-state index is 0.119. The molecule has 2 rings (SSSR count). The molecule has 0 saturated carbocycles. The maximum Gasteiger partial charge on any atom is 0.356 e. The van der Waals surface area contributed by atoms with Crippen molar-refractivity contribution < 1.29 is 24.2 Å². The normalized spacial score (nSPS) is 28.9. The fraction of sp³-hybridized carbons (Fsp3) is 0.500. The Bertz CT molecular complexity index is 528. The van der Waals surface area contributed by atoms with E-state index >= 15 is 0 Å². The molecule has 1 aliphatic carbocycles. The van der Waals surface area contributed by atoms with Crippen LogP contribution in [0.3, 0.4) is 0 Å². The van der Waals surface area contributed by atoms with Crippen LogP contribution >= 0.6 is 31.9 Å². The molecule has 110 valence electrons. The molecule has 8 heteroatoms. The first-order valence-corrected chi connectivity index (χ1v) is 7.46. The van der Waals surface area contributed by atoms with Crippen molar-refractivity contribution in [1.82, 2.24) is 0 Å². The molecule has 1 spiro atoms. The molecule has 1 heterocycles.